The van der Waals surface area contributed by atoms with Gasteiger partial charge in [0.2, 0.25) is 0 Å². The Balaban J connectivity index is 1.76. The number of aliphatic hydroxyl groups excluding tert-OH is 1. The molecule has 0 heterocycles. The quantitative estimate of drug-likeness (QED) is 0.805. The van der Waals surface area contributed by atoms with Crippen molar-refractivity contribution in [1.82, 2.24) is 5.32 Å². The molecule has 2 N–H and O–H groups in total. The van der Waals surface area contributed by atoms with Gasteiger partial charge in [0.05, 0.1) is 0 Å². The third-order valence-corrected chi connectivity index (χ3v) is 3.97. The topological polar surface area (TPSA) is 41.5 Å². The van der Waals surface area contributed by atoms with Gasteiger partial charge < -0.3 is 15.2 Å². The lowest BCUT2D eigenvalue weighted by atomic mass is 10.0. The zero-order chi connectivity index (χ0) is 14.4. The molecule has 1 aromatic rings. The Kier molecular flexibility index (Phi) is 5.86. The van der Waals surface area contributed by atoms with Gasteiger partial charge >= 0.3 is 0 Å². The molecule has 3 nitrogen and oxygen atoms in total. The third-order valence-electron chi connectivity index (χ3n) is 3.97. The summed E-state index contributed by atoms with van der Waals surface area (Å²) >= 11 is 0. The Morgan fingerprint density at radius 3 is 2.65 bits per heavy atom. The van der Waals surface area contributed by atoms with Crippen LogP contribution in [0.1, 0.15) is 51.0 Å². The zero-order valence-corrected chi connectivity index (χ0v) is 12.6. The van der Waals surface area contributed by atoms with Crippen LogP contribution in [0.25, 0.3) is 0 Å². The number of hydrogen-bond donors (Lipinski definition) is 2. The molecule has 0 aromatic heterocycles. The first-order valence-electron chi connectivity index (χ1n) is 7.80. The molecule has 0 spiro atoms. The minimum atomic E-state index is -0.448. The van der Waals surface area contributed by atoms with Crippen molar-refractivity contribution in [3.63, 3.8) is 0 Å². The van der Waals surface area contributed by atoms with Gasteiger partial charge in [0, 0.05) is 12.6 Å². The fraction of sp³-hybridized carbons (Fsp3) is 0.647. The predicted molar refractivity (Wildman–Crippen MR) is 82.3 cm³/mol. The van der Waals surface area contributed by atoms with Gasteiger partial charge in [-0.15, -0.1) is 0 Å². The minimum absolute atomic E-state index is 0.351. The van der Waals surface area contributed by atoms with Gasteiger partial charge in [-0.2, -0.15) is 0 Å². The van der Waals surface area contributed by atoms with E-state index in [0.717, 1.165) is 5.75 Å². The molecule has 2 rings (SSSR count). The first kappa shape index (κ1) is 15.3. The van der Waals surface area contributed by atoms with E-state index in [9.17, 15) is 5.11 Å². The lowest BCUT2D eigenvalue weighted by molar-refractivity contribution is 0.103. The number of aliphatic hydroxyl groups is 1. The average Bonchev–Trinajstić information content (AvgIpc) is 2.96. The first-order chi connectivity index (χ1) is 9.66. The van der Waals surface area contributed by atoms with Crippen LogP contribution < -0.4 is 10.1 Å². The average molecular weight is 277 g/mol. The van der Waals surface area contributed by atoms with Gasteiger partial charge in [-0.25, -0.2) is 0 Å². The SMILES string of the molecule is CC(C)c1ccccc1OCC(O)CNC1CCCC1. The molecule has 20 heavy (non-hydrogen) atoms. The maximum absolute atomic E-state index is 10.0. The van der Waals surface area contributed by atoms with Crippen molar-refractivity contribution < 1.29 is 9.84 Å². The molecule has 0 saturated heterocycles. The first-order valence-corrected chi connectivity index (χ1v) is 7.80. The highest BCUT2D eigenvalue weighted by Crippen LogP contribution is 2.25. The van der Waals surface area contributed by atoms with Crippen molar-refractivity contribution in [1.29, 1.82) is 0 Å². The van der Waals surface area contributed by atoms with Crippen LogP contribution in [0, 0.1) is 0 Å². The van der Waals surface area contributed by atoms with E-state index < -0.39 is 6.10 Å². The van der Waals surface area contributed by atoms with E-state index in [4.69, 9.17) is 4.74 Å². The van der Waals surface area contributed by atoms with Gasteiger partial charge in [0.1, 0.15) is 18.5 Å². The van der Waals surface area contributed by atoms with E-state index in [-0.39, 0.29) is 0 Å². The smallest absolute Gasteiger partial charge is 0.122 e. The fourth-order valence-electron chi connectivity index (χ4n) is 2.77. The largest absolute Gasteiger partial charge is 0.491 e. The fourth-order valence-corrected chi connectivity index (χ4v) is 2.77. The Morgan fingerprint density at radius 2 is 1.95 bits per heavy atom. The van der Waals surface area contributed by atoms with E-state index in [2.05, 4.69) is 25.2 Å². The second-order valence-electron chi connectivity index (χ2n) is 6.05. The molecule has 1 atom stereocenters. The van der Waals surface area contributed by atoms with E-state index in [0.29, 0.717) is 25.1 Å². The summed E-state index contributed by atoms with van der Waals surface area (Å²) in [6, 6.07) is 8.66. The van der Waals surface area contributed by atoms with Crippen molar-refractivity contribution in [2.24, 2.45) is 0 Å². The number of para-hydroxylation sites is 1. The van der Waals surface area contributed by atoms with E-state index >= 15 is 0 Å². The molecule has 1 saturated carbocycles. The Hall–Kier alpha value is -1.06. The van der Waals surface area contributed by atoms with Gasteiger partial charge in [-0.05, 0) is 30.4 Å². The Morgan fingerprint density at radius 1 is 1.25 bits per heavy atom. The molecule has 0 amide bonds. The van der Waals surface area contributed by atoms with E-state index in [1.54, 1.807) is 0 Å². The van der Waals surface area contributed by atoms with Crippen molar-refractivity contribution in [3.05, 3.63) is 29.8 Å². The highest BCUT2D eigenvalue weighted by Gasteiger charge is 2.16. The summed E-state index contributed by atoms with van der Waals surface area (Å²) in [4.78, 5) is 0. The summed E-state index contributed by atoms with van der Waals surface area (Å²) in [5.74, 6) is 1.32. The molecular weight excluding hydrogens is 250 g/mol. The lowest BCUT2D eigenvalue weighted by Crippen LogP contribution is -2.36. The number of nitrogens with one attached hydrogen (secondary N) is 1. The molecule has 0 bridgehead atoms. The number of ether oxygens (including phenoxy) is 1. The molecule has 1 aliphatic rings. The Labute approximate surface area is 122 Å². The monoisotopic (exact) mass is 277 g/mol. The van der Waals surface area contributed by atoms with Crippen LogP contribution in [-0.4, -0.2) is 30.4 Å². The highest BCUT2D eigenvalue weighted by molar-refractivity contribution is 5.35. The molecule has 3 heteroatoms. The second-order valence-corrected chi connectivity index (χ2v) is 6.05. The van der Waals surface area contributed by atoms with Crippen LogP contribution in [0.3, 0.4) is 0 Å². The van der Waals surface area contributed by atoms with Crippen molar-refractivity contribution in [3.8, 4) is 5.75 Å². The minimum Gasteiger partial charge on any atom is -0.491 e. The molecule has 1 aliphatic carbocycles. The number of benzene rings is 1. The van der Waals surface area contributed by atoms with Crippen LogP contribution in [0.2, 0.25) is 0 Å². The van der Waals surface area contributed by atoms with Crippen molar-refractivity contribution in [2.45, 2.75) is 57.6 Å². The summed E-state index contributed by atoms with van der Waals surface area (Å²) in [6.45, 7) is 5.28. The Bertz CT molecular complexity index is 400. The predicted octanol–water partition coefficient (Wildman–Crippen LogP) is 3.08. The van der Waals surface area contributed by atoms with Crippen molar-refractivity contribution in [2.75, 3.05) is 13.2 Å². The maximum atomic E-state index is 10.0. The van der Waals surface area contributed by atoms with Gasteiger partial charge in [-0.3, -0.25) is 0 Å². The normalized spacial score (nSPS) is 17.6. The molecular formula is C17H27NO2. The highest BCUT2D eigenvalue weighted by atomic mass is 16.5. The molecule has 0 aliphatic heterocycles. The van der Waals surface area contributed by atoms with Gasteiger partial charge in [-0.1, -0.05) is 44.9 Å². The molecule has 1 unspecified atom stereocenters. The van der Waals surface area contributed by atoms with E-state index in [1.807, 2.05) is 18.2 Å². The van der Waals surface area contributed by atoms with Crippen LogP contribution in [0.5, 0.6) is 5.75 Å². The van der Waals surface area contributed by atoms with Crippen LogP contribution in [0.4, 0.5) is 0 Å². The molecule has 1 aromatic carbocycles. The molecule has 112 valence electrons. The van der Waals surface area contributed by atoms with Crippen LogP contribution in [0.15, 0.2) is 24.3 Å². The van der Waals surface area contributed by atoms with Crippen molar-refractivity contribution >= 4 is 0 Å². The summed E-state index contributed by atoms with van der Waals surface area (Å²) in [6.07, 6.45) is 4.65. The summed E-state index contributed by atoms with van der Waals surface area (Å²) < 4.78 is 5.79. The lowest BCUT2D eigenvalue weighted by Gasteiger charge is -2.18. The summed E-state index contributed by atoms with van der Waals surface area (Å²) in [5, 5.41) is 13.4. The number of hydrogen-bond acceptors (Lipinski definition) is 3. The maximum Gasteiger partial charge on any atom is 0.122 e. The summed E-state index contributed by atoms with van der Waals surface area (Å²) in [5.41, 5.74) is 1.20. The third kappa shape index (κ3) is 4.50. The van der Waals surface area contributed by atoms with Gasteiger partial charge in [0.25, 0.3) is 0 Å². The summed E-state index contributed by atoms with van der Waals surface area (Å²) in [7, 11) is 0. The number of rotatable bonds is 7. The van der Waals surface area contributed by atoms with Gasteiger partial charge in [0.15, 0.2) is 0 Å². The molecule has 1 fully saturated rings. The zero-order valence-electron chi connectivity index (χ0n) is 12.6. The van der Waals surface area contributed by atoms with Crippen LogP contribution in [-0.2, 0) is 0 Å². The standard InChI is InChI=1S/C17H27NO2/c1-13(2)16-9-5-6-10-17(16)20-12-15(19)11-18-14-7-3-4-8-14/h5-6,9-10,13-15,18-19H,3-4,7-8,11-12H2,1-2H3. The van der Waals surface area contributed by atoms with E-state index in [1.165, 1.54) is 31.2 Å². The van der Waals surface area contributed by atoms with Crippen LogP contribution >= 0.6 is 0 Å². The molecule has 0 radical (unpaired) electrons. The second kappa shape index (κ2) is 7.65.